The van der Waals surface area contributed by atoms with Crippen molar-refractivity contribution in [2.45, 2.75) is 131 Å². The zero-order valence-electron chi connectivity index (χ0n) is 33.8. The minimum absolute atomic E-state index is 0.0400. The van der Waals surface area contributed by atoms with Gasteiger partial charge in [0.05, 0.1) is 5.56 Å². The molecular formula is C46H71N3O2. The van der Waals surface area contributed by atoms with Gasteiger partial charge in [0.1, 0.15) is 0 Å². The largest absolute Gasteiger partial charge is 0.478 e. The first kappa shape index (κ1) is 37.4. The third-order valence-electron chi connectivity index (χ3n) is 17.3. The van der Waals surface area contributed by atoms with E-state index in [-0.39, 0.29) is 21.9 Å². The fourth-order valence-electron chi connectivity index (χ4n) is 14.4. The van der Waals surface area contributed by atoms with Crippen LogP contribution in [0.2, 0.25) is 0 Å². The van der Waals surface area contributed by atoms with Gasteiger partial charge in [-0.3, -0.25) is 9.80 Å². The number of piperazine rings is 1. The average molecular weight is 698 g/mol. The number of benzene rings is 1. The highest BCUT2D eigenvalue weighted by Gasteiger charge is 2.70. The normalized spacial score (nSPS) is 41.1. The van der Waals surface area contributed by atoms with Crippen LogP contribution in [-0.4, -0.2) is 71.2 Å². The third kappa shape index (κ3) is 5.84. The SMILES string of the molecule is C=C(C)C1CCC2(NCCN3CCN(C(C)(C)C)CC3)CCC3(C)C(CCC4C5(C)CC=C(c6ccc(C(=O)O)cc6)C(C)(C)C5CCC43C)C12. The zero-order chi connectivity index (χ0) is 36.8. The van der Waals surface area contributed by atoms with Crippen molar-refractivity contribution in [1.82, 2.24) is 15.1 Å². The van der Waals surface area contributed by atoms with Gasteiger partial charge in [-0.05, 0) is 160 Å². The summed E-state index contributed by atoms with van der Waals surface area (Å²) in [7, 11) is 0. The van der Waals surface area contributed by atoms with Crippen LogP contribution >= 0.6 is 0 Å². The molecule has 282 valence electrons. The van der Waals surface area contributed by atoms with Crippen molar-refractivity contribution in [3.8, 4) is 0 Å². The number of hydrogen-bond acceptors (Lipinski definition) is 4. The molecule has 1 aromatic rings. The van der Waals surface area contributed by atoms with Crippen LogP contribution in [-0.2, 0) is 0 Å². The summed E-state index contributed by atoms with van der Waals surface area (Å²) in [4.78, 5) is 16.9. The number of carboxylic acids is 1. The maximum absolute atomic E-state index is 11.6. The molecule has 4 saturated carbocycles. The average Bonchev–Trinajstić information content (AvgIpc) is 3.45. The van der Waals surface area contributed by atoms with Gasteiger partial charge in [-0.1, -0.05) is 65.0 Å². The van der Waals surface area contributed by atoms with Gasteiger partial charge in [-0.15, -0.1) is 0 Å². The van der Waals surface area contributed by atoms with Crippen LogP contribution in [0.15, 0.2) is 42.5 Å². The molecule has 0 aromatic heterocycles. The molecule has 6 aliphatic rings. The highest BCUT2D eigenvalue weighted by molar-refractivity contribution is 5.88. The predicted molar refractivity (Wildman–Crippen MR) is 212 cm³/mol. The van der Waals surface area contributed by atoms with Gasteiger partial charge in [-0.2, -0.15) is 0 Å². The van der Waals surface area contributed by atoms with E-state index in [0.29, 0.717) is 40.1 Å². The van der Waals surface area contributed by atoms with Gasteiger partial charge in [0.15, 0.2) is 0 Å². The molecule has 1 aromatic carbocycles. The molecule has 9 atom stereocenters. The maximum atomic E-state index is 11.6. The molecule has 0 radical (unpaired) electrons. The second-order valence-corrected chi connectivity index (χ2v) is 20.7. The molecule has 5 nitrogen and oxygen atoms in total. The maximum Gasteiger partial charge on any atom is 0.335 e. The lowest BCUT2D eigenvalue weighted by Crippen LogP contribution is -2.68. The van der Waals surface area contributed by atoms with Gasteiger partial charge < -0.3 is 10.4 Å². The first-order valence-corrected chi connectivity index (χ1v) is 20.8. The Morgan fingerprint density at radius 2 is 1.57 bits per heavy atom. The van der Waals surface area contributed by atoms with Gasteiger partial charge >= 0.3 is 5.97 Å². The summed E-state index contributed by atoms with van der Waals surface area (Å²) in [6.45, 7) is 34.2. The lowest BCUT2D eigenvalue weighted by Gasteiger charge is -2.72. The van der Waals surface area contributed by atoms with Crippen molar-refractivity contribution in [3.05, 3.63) is 53.6 Å². The van der Waals surface area contributed by atoms with Crippen LogP contribution in [0.25, 0.3) is 5.57 Å². The molecule has 1 aliphatic heterocycles. The van der Waals surface area contributed by atoms with Crippen LogP contribution in [0.4, 0.5) is 0 Å². The highest BCUT2D eigenvalue weighted by atomic mass is 16.4. The molecule has 7 rings (SSSR count). The van der Waals surface area contributed by atoms with Gasteiger partial charge in [0.2, 0.25) is 0 Å². The summed E-state index contributed by atoms with van der Waals surface area (Å²) in [6.07, 6.45) is 14.3. The fourth-order valence-corrected chi connectivity index (χ4v) is 14.4. The molecule has 2 N–H and O–H groups in total. The molecule has 0 amide bonds. The number of fused-ring (bicyclic) bond motifs is 7. The predicted octanol–water partition coefficient (Wildman–Crippen LogP) is 9.79. The molecule has 5 heteroatoms. The van der Waals surface area contributed by atoms with E-state index >= 15 is 0 Å². The molecule has 1 saturated heterocycles. The standard InChI is InChI=1S/C46H71N3O2/c1-31(2)34-17-22-46(47-25-26-48-27-29-49(30-28-48)41(3,4)5)24-23-44(9)36(39(34)46)15-16-38-43(8)20-18-35(32-11-13-33(14-12-32)40(50)51)42(6,7)37(43)19-21-45(38,44)10/h11-14,18,34,36-39,47H,1,15-17,19-30H2,2-10H3,(H,50,51). The molecule has 0 bridgehead atoms. The number of carboxylic acid groups (broad SMARTS) is 1. The number of rotatable bonds is 7. The molecule has 0 spiro atoms. The van der Waals surface area contributed by atoms with E-state index in [1.807, 2.05) is 12.1 Å². The number of allylic oxidation sites excluding steroid dienone is 3. The lowest BCUT2D eigenvalue weighted by molar-refractivity contribution is -0.219. The van der Waals surface area contributed by atoms with Crippen LogP contribution in [0.1, 0.15) is 136 Å². The van der Waals surface area contributed by atoms with Crippen molar-refractivity contribution >= 4 is 11.5 Å². The number of nitrogens with one attached hydrogen (secondary N) is 1. The van der Waals surface area contributed by atoms with Crippen molar-refractivity contribution in [2.75, 3.05) is 39.3 Å². The highest BCUT2D eigenvalue weighted by Crippen LogP contribution is 2.76. The topological polar surface area (TPSA) is 55.8 Å². The van der Waals surface area contributed by atoms with E-state index in [1.165, 1.54) is 101 Å². The Morgan fingerprint density at radius 3 is 2.20 bits per heavy atom. The van der Waals surface area contributed by atoms with Crippen LogP contribution in [0.3, 0.4) is 0 Å². The zero-order valence-corrected chi connectivity index (χ0v) is 33.8. The number of hydrogen-bond donors (Lipinski definition) is 2. The Kier molecular flexibility index (Phi) is 9.40. The number of aromatic carboxylic acids is 1. The molecular weight excluding hydrogens is 627 g/mol. The van der Waals surface area contributed by atoms with Gasteiger partial charge in [-0.25, -0.2) is 4.79 Å². The van der Waals surface area contributed by atoms with E-state index in [4.69, 9.17) is 0 Å². The van der Waals surface area contributed by atoms with E-state index in [2.05, 4.69) is 90.1 Å². The Hall–Kier alpha value is -1.95. The Balaban J connectivity index is 1.12. The van der Waals surface area contributed by atoms with Crippen LogP contribution < -0.4 is 5.32 Å². The molecule has 5 fully saturated rings. The summed E-state index contributed by atoms with van der Waals surface area (Å²) in [5, 5.41) is 13.9. The van der Waals surface area contributed by atoms with E-state index in [9.17, 15) is 9.90 Å². The third-order valence-corrected chi connectivity index (χ3v) is 17.3. The Morgan fingerprint density at radius 1 is 0.882 bits per heavy atom. The molecule has 5 aliphatic carbocycles. The second kappa shape index (κ2) is 12.8. The Bertz CT molecular complexity index is 1530. The minimum atomic E-state index is -0.852. The van der Waals surface area contributed by atoms with Crippen LogP contribution in [0, 0.1) is 51.2 Å². The second-order valence-electron chi connectivity index (χ2n) is 20.7. The first-order chi connectivity index (χ1) is 23.9. The molecule has 51 heavy (non-hydrogen) atoms. The first-order valence-electron chi connectivity index (χ1n) is 20.8. The van der Waals surface area contributed by atoms with Crippen molar-refractivity contribution in [3.63, 3.8) is 0 Å². The lowest BCUT2D eigenvalue weighted by atomic mass is 9.33. The smallest absolute Gasteiger partial charge is 0.335 e. The number of carbonyl (C=O) groups is 1. The van der Waals surface area contributed by atoms with E-state index in [0.717, 1.165) is 18.9 Å². The monoisotopic (exact) mass is 698 g/mol. The van der Waals surface area contributed by atoms with Gasteiger partial charge in [0, 0.05) is 50.3 Å². The summed E-state index contributed by atoms with van der Waals surface area (Å²) >= 11 is 0. The Labute approximate surface area is 311 Å². The summed E-state index contributed by atoms with van der Waals surface area (Å²) in [6, 6.07) is 7.67. The van der Waals surface area contributed by atoms with E-state index in [1.54, 1.807) is 12.1 Å². The van der Waals surface area contributed by atoms with Crippen molar-refractivity contribution in [2.24, 2.45) is 51.2 Å². The summed E-state index contributed by atoms with van der Waals surface area (Å²) in [5.74, 6) is 2.55. The summed E-state index contributed by atoms with van der Waals surface area (Å²) < 4.78 is 0. The minimum Gasteiger partial charge on any atom is -0.478 e. The molecule has 9 unspecified atom stereocenters. The summed E-state index contributed by atoms with van der Waals surface area (Å²) in [5.41, 5.74) is 5.91. The van der Waals surface area contributed by atoms with E-state index < -0.39 is 5.97 Å². The molecule has 1 heterocycles. The quantitative estimate of drug-likeness (QED) is 0.278. The van der Waals surface area contributed by atoms with Gasteiger partial charge in [0.25, 0.3) is 0 Å². The van der Waals surface area contributed by atoms with Crippen molar-refractivity contribution in [1.29, 1.82) is 0 Å². The number of nitrogens with zero attached hydrogens (tertiary/aromatic N) is 2. The van der Waals surface area contributed by atoms with Crippen LogP contribution in [0.5, 0.6) is 0 Å². The van der Waals surface area contributed by atoms with Crippen molar-refractivity contribution < 1.29 is 9.90 Å². The fraction of sp³-hybridized carbons (Fsp3) is 0.761.